The Labute approximate surface area is 84.7 Å². The number of hydrogen-bond donors (Lipinski definition) is 0. The molecule has 1 unspecified atom stereocenters. The number of hydrogen-bond acceptors (Lipinski definition) is 4. The standard InChI is InChI=1S/C9H16BNO3/c1-8(2)9(3,4)14-10(13-8)7-5-11-12-6-7/h5,7H,6H2,1-4H3. The van der Waals surface area contributed by atoms with Crippen molar-refractivity contribution in [2.24, 2.45) is 5.16 Å². The van der Waals surface area contributed by atoms with Gasteiger partial charge in [-0.1, -0.05) is 5.16 Å². The summed E-state index contributed by atoms with van der Waals surface area (Å²) in [5.41, 5.74) is -0.539. The number of rotatable bonds is 1. The number of oxime groups is 1. The second-order valence-electron chi connectivity index (χ2n) is 4.84. The van der Waals surface area contributed by atoms with E-state index in [4.69, 9.17) is 14.1 Å². The van der Waals surface area contributed by atoms with Gasteiger partial charge in [0.2, 0.25) is 0 Å². The predicted molar refractivity (Wildman–Crippen MR) is 54.3 cm³/mol. The highest BCUT2D eigenvalue weighted by Gasteiger charge is 2.54. The molecule has 0 saturated carbocycles. The molecule has 0 aromatic rings. The fourth-order valence-electron chi connectivity index (χ4n) is 1.51. The third kappa shape index (κ3) is 1.44. The molecular formula is C9H16BNO3. The van der Waals surface area contributed by atoms with Crippen molar-refractivity contribution in [1.82, 2.24) is 0 Å². The van der Waals surface area contributed by atoms with Gasteiger partial charge in [0.25, 0.3) is 0 Å². The minimum absolute atomic E-state index is 0.121. The first-order valence-electron chi connectivity index (χ1n) is 4.93. The predicted octanol–water partition coefficient (Wildman–Crippen LogP) is 1.46. The second-order valence-corrected chi connectivity index (χ2v) is 4.84. The lowest BCUT2D eigenvalue weighted by molar-refractivity contribution is 0.00578. The first kappa shape index (κ1) is 9.99. The first-order valence-corrected chi connectivity index (χ1v) is 4.93. The van der Waals surface area contributed by atoms with Gasteiger partial charge in [-0.05, 0) is 27.7 Å². The van der Waals surface area contributed by atoms with Crippen LogP contribution in [0.1, 0.15) is 27.7 Å². The van der Waals surface area contributed by atoms with E-state index in [1.54, 1.807) is 6.21 Å². The van der Waals surface area contributed by atoms with Crippen LogP contribution < -0.4 is 0 Å². The smallest absolute Gasteiger partial charge is 0.403 e. The van der Waals surface area contributed by atoms with Gasteiger partial charge in [0.15, 0.2) is 0 Å². The van der Waals surface area contributed by atoms with Crippen LogP contribution >= 0.6 is 0 Å². The van der Waals surface area contributed by atoms with E-state index in [9.17, 15) is 0 Å². The molecule has 0 aromatic carbocycles. The van der Waals surface area contributed by atoms with Gasteiger partial charge in [-0.15, -0.1) is 0 Å². The van der Waals surface area contributed by atoms with Gasteiger partial charge >= 0.3 is 7.12 Å². The molecule has 4 nitrogen and oxygen atoms in total. The summed E-state index contributed by atoms with van der Waals surface area (Å²) in [6.07, 6.45) is 1.75. The van der Waals surface area contributed by atoms with Gasteiger partial charge < -0.3 is 14.1 Å². The molecule has 2 heterocycles. The Balaban J connectivity index is 2.09. The summed E-state index contributed by atoms with van der Waals surface area (Å²) in [7, 11) is -0.230. The average molecular weight is 197 g/mol. The molecule has 14 heavy (non-hydrogen) atoms. The zero-order valence-corrected chi connectivity index (χ0v) is 9.11. The van der Waals surface area contributed by atoms with Gasteiger partial charge in [0, 0.05) is 6.21 Å². The van der Waals surface area contributed by atoms with Gasteiger partial charge in [-0.2, -0.15) is 0 Å². The molecule has 2 aliphatic rings. The van der Waals surface area contributed by atoms with Crippen molar-refractivity contribution in [3.05, 3.63) is 0 Å². The fourth-order valence-corrected chi connectivity index (χ4v) is 1.51. The molecule has 0 aromatic heterocycles. The molecule has 0 spiro atoms. The Bertz CT molecular complexity index is 249. The molecule has 0 amide bonds. The van der Waals surface area contributed by atoms with Gasteiger partial charge in [-0.3, -0.25) is 0 Å². The molecule has 2 aliphatic heterocycles. The van der Waals surface area contributed by atoms with Gasteiger partial charge in [-0.25, -0.2) is 0 Å². The minimum Gasteiger partial charge on any atom is -0.403 e. The van der Waals surface area contributed by atoms with Crippen LogP contribution in [0.25, 0.3) is 0 Å². The maximum atomic E-state index is 5.85. The molecule has 78 valence electrons. The monoisotopic (exact) mass is 197 g/mol. The van der Waals surface area contributed by atoms with E-state index >= 15 is 0 Å². The van der Waals surface area contributed by atoms with E-state index in [0.717, 1.165) is 0 Å². The summed E-state index contributed by atoms with van der Waals surface area (Å²) in [6.45, 7) is 8.72. The molecule has 1 fully saturated rings. The van der Waals surface area contributed by atoms with E-state index in [1.807, 2.05) is 27.7 Å². The van der Waals surface area contributed by atoms with E-state index < -0.39 is 0 Å². The highest BCUT2D eigenvalue weighted by molar-refractivity contribution is 6.51. The van der Waals surface area contributed by atoms with Crippen LogP contribution in [0.5, 0.6) is 0 Å². The molecule has 0 radical (unpaired) electrons. The summed E-state index contributed by atoms with van der Waals surface area (Å²) in [4.78, 5) is 4.92. The van der Waals surface area contributed by atoms with Crippen LogP contribution in [0.4, 0.5) is 0 Å². The van der Waals surface area contributed by atoms with Crippen LogP contribution in [-0.2, 0) is 14.1 Å². The van der Waals surface area contributed by atoms with Crippen LogP contribution in [0.3, 0.4) is 0 Å². The number of nitrogens with zero attached hydrogens (tertiary/aromatic N) is 1. The lowest BCUT2D eigenvalue weighted by Crippen LogP contribution is -2.41. The molecule has 5 heteroatoms. The zero-order chi connectivity index (χ0) is 10.4. The van der Waals surface area contributed by atoms with Crippen molar-refractivity contribution in [2.45, 2.75) is 44.7 Å². The zero-order valence-electron chi connectivity index (χ0n) is 9.11. The van der Waals surface area contributed by atoms with Crippen LogP contribution in [0.15, 0.2) is 5.16 Å². The molecule has 0 N–H and O–H groups in total. The summed E-state index contributed by atoms with van der Waals surface area (Å²) in [5.74, 6) is 0.121. The Morgan fingerprint density at radius 1 is 1.21 bits per heavy atom. The Morgan fingerprint density at radius 3 is 2.21 bits per heavy atom. The minimum atomic E-state index is -0.270. The molecule has 2 rings (SSSR count). The maximum Gasteiger partial charge on any atom is 0.470 e. The van der Waals surface area contributed by atoms with Crippen molar-refractivity contribution in [3.8, 4) is 0 Å². The molecule has 0 bridgehead atoms. The maximum absolute atomic E-state index is 5.85. The lowest BCUT2D eigenvalue weighted by atomic mass is 9.73. The van der Waals surface area contributed by atoms with Crippen molar-refractivity contribution in [1.29, 1.82) is 0 Å². The molecule has 1 atom stereocenters. The Morgan fingerprint density at radius 2 is 1.79 bits per heavy atom. The van der Waals surface area contributed by atoms with Crippen LogP contribution in [0, 0.1) is 0 Å². The SMILES string of the molecule is CC1(C)OB(C2C=NOC2)OC1(C)C. The Kier molecular flexibility index (Phi) is 2.12. The van der Waals surface area contributed by atoms with Crippen molar-refractivity contribution >= 4 is 13.3 Å². The largest absolute Gasteiger partial charge is 0.470 e. The van der Waals surface area contributed by atoms with Gasteiger partial charge in [0.1, 0.15) is 6.61 Å². The fraction of sp³-hybridized carbons (Fsp3) is 0.889. The van der Waals surface area contributed by atoms with Crippen molar-refractivity contribution < 1.29 is 14.1 Å². The van der Waals surface area contributed by atoms with E-state index in [-0.39, 0.29) is 24.1 Å². The van der Waals surface area contributed by atoms with Crippen molar-refractivity contribution in [2.75, 3.05) is 6.61 Å². The van der Waals surface area contributed by atoms with E-state index in [2.05, 4.69) is 5.16 Å². The molecule has 0 aliphatic carbocycles. The molecule has 1 saturated heterocycles. The van der Waals surface area contributed by atoms with Crippen molar-refractivity contribution in [3.63, 3.8) is 0 Å². The summed E-state index contributed by atoms with van der Waals surface area (Å²) in [5, 5.41) is 3.72. The van der Waals surface area contributed by atoms with Gasteiger partial charge in [0.05, 0.1) is 17.0 Å². The first-order chi connectivity index (χ1) is 6.42. The Hall–Kier alpha value is -0.545. The lowest BCUT2D eigenvalue weighted by Gasteiger charge is -2.32. The second kappa shape index (κ2) is 2.97. The quantitative estimate of drug-likeness (QED) is 0.597. The highest BCUT2D eigenvalue weighted by Crippen LogP contribution is 2.40. The highest BCUT2D eigenvalue weighted by atomic mass is 16.7. The summed E-state index contributed by atoms with van der Waals surface area (Å²) < 4.78 is 11.7. The topological polar surface area (TPSA) is 40.0 Å². The third-order valence-corrected chi connectivity index (χ3v) is 3.21. The normalized spacial score (nSPS) is 33.4. The third-order valence-electron chi connectivity index (χ3n) is 3.21. The van der Waals surface area contributed by atoms with E-state index in [0.29, 0.717) is 6.61 Å². The molecular weight excluding hydrogens is 181 g/mol. The van der Waals surface area contributed by atoms with E-state index in [1.165, 1.54) is 0 Å². The van der Waals surface area contributed by atoms with Crippen LogP contribution in [0.2, 0.25) is 5.82 Å². The average Bonchev–Trinajstić information content (AvgIpc) is 2.58. The van der Waals surface area contributed by atoms with Crippen LogP contribution in [-0.4, -0.2) is 31.1 Å². The summed E-state index contributed by atoms with van der Waals surface area (Å²) >= 11 is 0. The summed E-state index contributed by atoms with van der Waals surface area (Å²) in [6, 6.07) is 0.